The predicted octanol–water partition coefficient (Wildman–Crippen LogP) is 2.11. The fourth-order valence-electron chi connectivity index (χ4n) is 2.67. The number of sulfone groups is 1. The highest BCUT2D eigenvalue weighted by atomic mass is 32.2. The summed E-state index contributed by atoms with van der Waals surface area (Å²) in [5.41, 5.74) is -0.849. The molecule has 0 aliphatic heterocycles. The highest BCUT2D eigenvalue weighted by molar-refractivity contribution is 7.91. The number of nitrogens with one attached hydrogen (secondary N) is 1. The third kappa shape index (κ3) is 5.28. The highest BCUT2D eigenvalue weighted by Crippen LogP contribution is 2.34. The van der Waals surface area contributed by atoms with Crippen LogP contribution < -0.4 is 14.8 Å². The quantitative estimate of drug-likeness (QED) is 0.530. The number of alkyl halides is 3. The molecule has 9 nitrogen and oxygen atoms in total. The Morgan fingerprint density at radius 3 is 2.40 bits per heavy atom. The Morgan fingerprint density at radius 2 is 1.90 bits per heavy atom. The number of ether oxygens (including phenoxy) is 2. The summed E-state index contributed by atoms with van der Waals surface area (Å²) in [6.07, 6.45) is -5.56. The van der Waals surface area contributed by atoms with E-state index in [0.29, 0.717) is 6.26 Å². The summed E-state index contributed by atoms with van der Waals surface area (Å²) in [5.74, 6) is -2.50. The van der Waals surface area contributed by atoms with E-state index in [-0.39, 0.29) is 17.1 Å². The van der Waals surface area contributed by atoms with Crippen LogP contribution in [-0.2, 0) is 28.1 Å². The van der Waals surface area contributed by atoms with Gasteiger partial charge in [-0.25, -0.2) is 8.42 Å². The van der Waals surface area contributed by atoms with E-state index in [1.807, 2.05) is 0 Å². The first-order valence-electron chi connectivity index (χ1n) is 8.24. The van der Waals surface area contributed by atoms with Crippen LogP contribution >= 0.6 is 0 Å². The van der Waals surface area contributed by atoms with Crippen LogP contribution in [0.4, 0.5) is 19.0 Å². The van der Waals surface area contributed by atoms with Gasteiger partial charge in [-0.05, 0) is 12.1 Å². The van der Waals surface area contributed by atoms with Gasteiger partial charge in [-0.15, -0.1) is 0 Å². The van der Waals surface area contributed by atoms with Gasteiger partial charge < -0.3 is 14.8 Å². The molecule has 0 spiro atoms. The molecule has 2 aromatic rings. The molecule has 0 saturated carbocycles. The first-order valence-corrected chi connectivity index (χ1v) is 10.1. The Balaban J connectivity index is 2.55. The summed E-state index contributed by atoms with van der Waals surface area (Å²) in [6, 6.07) is 4.08. The minimum absolute atomic E-state index is 0.0416. The van der Waals surface area contributed by atoms with E-state index in [1.54, 1.807) is 0 Å². The van der Waals surface area contributed by atoms with Gasteiger partial charge in [0.25, 0.3) is 5.91 Å². The average Bonchev–Trinajstić information content (AvgIpc) is 2.87. The molecule has 0 unspecified atom stereocenters. The van der Waals surface area contributed by atoms with Crippen molar-refractivity contribution >= 4 is 27.5 Å². The van der Waals surface area contributed by atoms with Crippen molar-refractivity contribution in [1.82, 2.24) is 9.78 Å². The minimum atomic E-state index is -4.70. The van der Waals surface area contributed by atoms with Gasteiger partial charge in [-0.3, -0.25) is 14.3 Å². The lowest BCUT2D eigenvalue weighted by molar-refractivity contribution is -0.132. The monoisotopic (exact) mass is 449 g/mol. The number of carbonyl (C=O) groups excluding carboxylic acids is 2. The minimum Gasteiger partial charge on any atom is -0.493 e. The molecule has 0 aliphatic rings. The van der Waals surface area contributed by atoms with Crippen LogP contribution in [-0.4, -0.2) is 49.6 Å². The van der Waals surface area contributed by atoms with E-state index in [0.717, 1.165) is 18.7 Å². The zero-order chi connectivity index (χ0) is 22.9. The molecule has 0 radical (unpaired) electrons. The Kier molecular flexibility index (Phi) is 6.45. The molecule has 1 heterocycles. The molecule has 0 saturated heterocycles. The van der Waals surface area contributed by atoms with Crippen molar-refractivity contribution in [2.45, 2.75) is 24.4 Å². The molecule has 1 amide bonds. The fraction of sp³-hybridized carbons (Fsp3) is 0.353. The van der Waals surface area contributed by atoms with E-state index >= 15 is 0 Å². The summed E-state index contributed by atoms with van der Waals surface area (Å²) < 4.78 is 73.8. The SMILES string of the molecule is COc1cccc(C(=O)Nc2nn(C)c(CC(F)(F)F)c2S(C)(=O)=O)c1OC(C)=O. The van der Waals surface area contributed by atoms with Crippen LogP contribution in [0, 0.1) is 0 Å². The second-order valence-corrected chi connectivity index (χ2v) is 8.15. The number of rotatable bonds is 6. The van der Waals surface area contributed by atoms with Crippen LogP contribution in [0.3, 0.4) is 0 Å². The second kappa shape index (κ2) is 8.34. The number of aromatic nitrogens is 2. The number of amides is 1. The first-order chi connectivity index (χ1) is 13.7. The van der Waals surface area contributed by atoms with E-state index < -0.39 is 50.7 Å². The maximum absolute atomic E-state index is 12.9. The summed E-state index contributed by atoms with van der Waals surface area (Å²) in [6.45, 7) is 1.10. The third-order valence-electron chi connectivity index (χ3n) is 3.78. The van der Waals surface area contributed by atoms with E-state index in [1.165, 1.54) is 25.3 Å². The molecule has 2 rings (SSSR count). The number of benzene rings is 1. The number of hydrogen-bond acceptors (Lipinski definition) is 7. The largest absolute Gasteiger partial charge is 0.493 e. The molecule has 13 heteroatoms. The Hall–Kier alpha value is -3.09. The average molecular weight is 449 g/mol. The fourth-order valence-corrected chi connectivity index (χ4v) is 3.75. The lowest BCUT2D eigenvalue weighted by atomic mass is 10.1. The maximum Gasteiger partial charge on any atom is 0.394 e. The topological polar surface area (TPSA) is 117 Å². The molecular weight excluding hydrogens is 431 g/mol. The van der Waals surface area contributed by atoms with Crippen LogP contribution in [0.15, 0.2) is 23.1 Å². The molecule has 164 valence electrons. The molecule has 0 aliphatic carbocycles. The molecule has 0 fully saturated rings. The van der Waals surface area contributed by atoms with Crippen molar-refractivity contribution in [3.8, 4) is 11.5 Å². The van der Waals surface area contributed by atoms with E-state index in [4.69, 9.17) is 9.47 Å². The van der Waals surface area contributed by atoms with Crippen LogP contribution in [0.5, 0.6) is 11.5 Å². The van der Waals surface area contributed by atoms with Gasteiger partial charge in [-0.2, -0.15) is 18.3 Å². The van der Waals surface area contributed by atoms with Crippen LogP contribution in [0.1, 0.15) is 23.0 Å². The number of esters is 1. The van der Waals surface area contributed by atoms with Crippen molar-refractivity contribution in [3.05, 3.63) is 29.5 Å². The van der Waals surface area contributed by atoms with Crippen molar-refractivity contribution < 1.29 is 40.7 Å². The van der Waals surface area contributed by atoms with E-state index in [2.05, 4.69) is 10.4 Å². The van der Waals surface area contributed by atoms with Gasteiger partial charge >= 0.3 is 12.1 Å². The number of halogens is 3. The molecule has 0 bridgehead atoms. The van der Waals surface area contributed by atoms with Gasteiger partial charge in [0.1, 0.15) is 4.90 Å². The standard InChI is InChI=1S/C17H18F3N3O6S/c1-9(24)29-13-10(6-5-7-12(13)28-3)16(25)21-15-14(30(4,26)27)11(23(2)22-15)8-17(18,19)20/h5-7H,8H2,1-4H3,(H,21,22,25). The zero-order valence-electron chi connectivity index (χ0n) is 16.3. The number of aryl methyl sites for hydroxylation is 1. The molecule has 1 aromatic carbocycles. The zero-order valence-corrected chi connectivity index (χ0v) is 17.1. The van der Waals surface area contributed by atoms with Gasteiger partial charge in [0.15, 0.2) is 27.2 Å². The number of anilines is 1. The summed E-state index contributed by atoms with van der Waals surface area (Å²) in [5, 5.41) is 5.91. The molecule has 1 aromatic heterocycles. The Labute approximate surface area is 169 Å². The predicted molar refractivity (Wildman–Crippen MR) is 98.3 cm³/mol. The number of nitrogens with zero attached hydrogens (tertiary/aromatic N) is 2. The Bertz CT molecular complexity index is 1090. The van der Waals surface area contributed by atoms with Crippen molar-refractivity contribution in [1.29, 1.82) is 0 Å². The number of para-hydroxylation sites is 1. The van der Waals surface area contributed by atoms with Crippen LogP contribution in [0.2, 0.25) is 0 Å². The van der Waals surface area contributed by atoms with Gasteiger partial charge in [0, 0.05) is 20.2 Å². The van der Waals surface area contributed by atoms with Crippen molar-refractivity contribution in [2.75, 3.05) is 18.7 Å². The summed E-state index contributed by atoms with van der Waals surface area (Å²) >= 11 is 0. The molecule has 0 atom stereocenters. The van der Waals surface area contributed by atoms with Crippen molar-refractivity contribution in [3.63, 3.8) is 0 Å². The Morgan fingerprint density at radius 1 is 1.27 bits per heavy atom. The number of carbonyl (C=O) groups is 2. The van der Waals surface area contributed by atoms with Gasteiger partial charge in [0.05, 0.1) is 24.8 Å². The van der Waals surface area contributed by atoms with Crippen molar-refractivity contribution in [2.24, 2.45) is 7.05 Å². The molecule has 30 heavy (non-hydrogen) atoms. The van der Waals surface area contributed by atoms with Crippen LogP contribution in [0.25, 0.3) is 0 Å². The lowest BCUT2D eigenvalue weighted by Crippen LogP contribution is -2.18. The van der Waals surface area contributed by atoms with E-state index in [9.17, 15) is 31.2 Å². The highest BCUT2D eigenvalue weighted by Gasteiger charge is 2.35. The molecule has 1 N–H and O–H groups in total. The summed E-state index contributed by atoms with van der Waals surface area (Å²) in [7, 11) is -1.80. The smallest absolute Gasteiger partial charge is 0.394 e. The third-order valence-corrected chi connectivity index (χ3v) is 4.95. The van der Waals surface area contributed by atoms with Gasteiger partial charge in [-0.1, -0.05) is 6.07 Å². The summed E-state index contributed by atoms with van der Waals surface area (Å²) in [4.78, 5) is 23.4. The normalized spacial score (nSPS) is 11.8. The maximum atomic E-state index is 12.9. The second-order valence-electron chi connectivity index (χ2n) is 6.20. The first kappa shape index (κ1) is 23.2. The molecular formula is C17H18F3N3O6S. The number of methoxy groups -OCH3 is 1. The lowest BCUT2D eigenvalue weighted by Gasteiger charge is -2.13. The van der Waals surface area contributed by atoms with Gasteiger partial charge in [0.2, 0.25) is 0 Å². The number of hydrogen-bond donors (Lipinski definition) is 1.